The number of allylic oxidation sites excluding steroid dienone is 2. The first-order valence-electron chi connectivity index (χ1n) is 4.64. The summed E-state index contributed by atoms with van der Waals surface area (Å²) in [4.78, 5) is 11.1. The monoisotopic (exact) mass is 186 g/mol. The van der Waals surface area contributed by atoms with Crippen LogP contribution in [0.2, 0.25) is 0 Å². The highest BCUT2D eigenvalue weighted by molar-refractivity contribution is 5.72. The van der Waals surface area contributed by atoms with Gasteiger partial charge in [-0.2, -0.15) is 0 Å². The molecule has 0 fully saturated rings. The normalized spacial score (nSPS) is 13.2. The Balaban J connectivity index is 3.62. The van der Waals surface area contributed by atoms with Crippen molar-refractivity contribution in [2.75, 3.05) is 13.2 Å². The lowest BCUT2D eigenvalue weighted by Crippen LogP contribution is -2.16. The molecule has 76 valence electrons. The van der Waals surface area contributed by atoms with Gasteiger partial charge in [0, 0.05) is 0 Å². The number of aliphatic hydroxyl groups excluding tert-OH is 1. The van der Waals surface area contributed by atoms with Gasteiger partial charge in [-0.1, -0.05) is 26.0 Å². The minimum Gasteiger partial charge on any atom is -0.463 e. The molecule has 1 unspecified atom stereocenters. The Morgan fingerprint density at radius 1 is 1.54 bits per heavy atom. The van der Waals surface area contributed by atoms with Crippen molar-refractivity contribution >= 4 is 5.97 Å². The minimum absolute atomic E-state index is 0.0979. The van der Waals surface area contributed by atoms with Gasteiger partial charge in [0.05, 0.1) is 12.5 Å². The fraction of sp³-hybridized carbons (Fsp3) is 0.700. The zero-order chi connectivity index (χ0) is 10.1. The quantitative estimate of drug-likeness (QED) is 0.505. The van der Waals surface area contributed by atoms with Crippen LogP contribution >= 0.6 is 0 Å². The second-order valence-electron chi connectivity index (χ2n) is 2.91. The van der Waals surface area contributed by atoms with Gasteiger partial charge in [-0.15, -0.1) is 0 Å². The van der Waals surface area contributed by atoms with Crippen molar-refractivity contribution in [2.45, 2.75) is 26.7 Å². The van der Waals surface area contributed by atoms with Crippen molar-refractivity contribution in [1.29, 1.82) is 0 Å². The standard InChI is InChI=1S/C10H18O3/c1-3-4-5-6-9(2)10(12)13-8-7-11/h4-5,9,11H,3,6-8H2,1-2H3. The number of ether oxygens (including phenoxy) is 1. The van der Waals surface area contributed by atoms with Crippen LogP contribution in [0.5, 0.6) is 0 Å². The van der Waals surface area contributed by atoms with Crippen LogP contribution < -0.4 is 0 Å². The molecule has 0 radical (unpaired) electrons. The summed E-state index contributed by atoms with van der Waals surface area (Å²) in [7, 11) is 0. The van der Waals surface area contributed by atoms with E-state index in [0.29, 0.717) is 6.42 Å². The van der Waals surface area contributed by atoms with Crippen LogP contribution in [0.25, 0.3) is 0 Å². The topological polar surface area (TPSA) is 46.5 Å². The van der Waals surface area contributed by atoms with Crippen molar-refractivity contribution in [1.82, 2.24) is 0 Å². The van der Waals surface area contributed by atoms with Crippen molar-refractivity contribution in [3.05, 3.63) is 12.2 Å². The summed E-state index contributed by atoms with van der Waals surface area (Å²) >= 11 is 0. The van der Waals surface area contributed by atoms with E-state index in [9.17, 15) is 4.79 Å². The van der Waals surface area contributed by atoms with Crippen LogP contribution in [0.3, 0.4) is 0 Å². The Morgan fingerprint density at radius 2 is 2.23 bits per heavy atom. The minimum atomic E-state index is -0.241. The van der Waals surface area contributed by atoms with E-state index in [0.717, 1.165) is 6.42 Å². The molecule has 0 aliphatic carbocycles. The molecule has 0 spiro atoms. The van der Waals surface area contributed by atoms with E-state index in [-0.39, 0.29) is 25.1 Å². The van der Waals surface area contributed by atoms with E-state index in [1.807, 2.05) is 26.0 Å². The molecule has 0 bridgehead atoms. The van der Waals surface area contributed by atoms with Gasteiger partial charge in [-0.3, -0.25) is 4.79 Å². The summed E-state index contributed by atoms with van der Waals surface area (Å²) in [5.74, 6) is -0.357. The highest BCUT2D eigenvalue weighted by Gasteiger charge is 2.11. The van der Waals surface area contributed by atoms with Crippen LogP contribution in [0.1, 0.15) is 26.7 Å². The number of esters is 1. The number of hydrogen-bond donors (Lipinski definition) is 1. The largest absolute Gasteiger partial charge is 0.463 e. The van der Waals surface area contributed by atoms with E-state index in [4.69, 9.17) is 9.84 Å². The number of carbonyl (C=O) groups excluding carboxylic acids is 1. The fourth-order valence-electron chi connectivity index (χ4n) is 0.852. The molecule has 3 nitrogen and oxygen atoms in total. The summed E-state index contributed by atoms with van der Waals surface area (Å²) in [6.45, 7) is 3.86. The molecule has 0 aliphatic heterocycles. The molecule has 0 aliphatic rings. The highest BCUT2D eigenvalue weighted by atomic mass is 16.5. The molecule has 0 heterocycles. The van der Waals surface area contributed by atoms with Crippen LogP contribution in [0.4, 0.5) is 0 Å². The zero-order valence-electron chi connectivity index (χ0n) is 8.32. The smallest absolute Gasteiger partial charge is 0.309 e. The third-order valence-corrected chi connectivity index (χ3v) is 1.63. The van der Waals surface area contributed by atoms with Gasteiger partial charge in [0.2, 0.25) is 0 Å². The van der Waals surface area contributed by atoms with Gasteiger partial charge in [-0.25, -0.2) is 0 Å². The second-order valence-corrected chi connectivity index (χ2v) is 2.91. The molecular weight excluding hydrogens is 168 g/mol. The van der Waals surface area contributed by atoms with E-state index in [2.05, 4.69) is 0 Å². The summed E-state index contributed by atoms with van der Waals surface area (Å²) < 4.78 is 4.76. The molecule has 1 N–H and O–H groups in total. The number of aliphatic hydroxyl groups is 1. The molecule has 0 aromatic carbocycles. The Hall–Kier alpha value is -0.830. The maximum atomic E-state index is 11.1. The van der Waals surface area contributed by atoms with Crippen LogP contribution in [-0.4, -0.2) is 24.3 Å². The summed E-state index contributed by atoms with van der Waals surface area (Å²) in [6.07, 6.45) is 5.69. The molecule has 0 aromatic rings. The molecular formula is C10H18O3. The molecule has 0 saturated carbocycles. The first-order valence-corrected chi connectivity index (χ1v) is 4.64. The molecule has 3 heteroatoms. The zero-order valence-corrected chi connectivity index (χ0v) is 8.32. The number of carbonyl (C=O) groups is 1. The maximum Gasteiger partial charge on any atom is 0.309 e. The fourth-order valence-corrected chi connectivity index (χ4v) is 0.852. The van der Waals surface area contributed by atoms with Crippen LogP contribution in [0.15, 0.2) is 12.2 Å². The van der Waals surface area contributed by atoms with Crippen molar-refractivity contribution in [3.8, 4) is 0 Å². The Bertz CT molecular complexity index is 164. The van der Waals surface area contributed by atoms with E-state index in [1.165, 1.54) is 0 Å². The third-order valence-electron chi connectivity index (χ3n) is 1.63. The second kappa shape index (κ2) is 7.80. The molecule has 0 rings (SSSR count). The Labute approximate surface area is 79.4 Å². The average molecular weight is 186 g/mol. The first kappa shape index (κ1) is 12.2. The van der Waals surface area contributed by atoms with Gasteiger partial charge >= 0.3 is 5.97 Å². The Morgan fingerprint density at radius 3 is 2.77 bits per heavy atom. The highest BCUT2D eigenvalue weighted by Crippen LogP contribution is 2.05. The van der Waals surface area contributed by atoms with E-state index >= 15 is 0 Å². The molecule has 0 amide bonds. The SMILES string of the molecule is CCC=CCC(C)C(=O)OCCO. The summed E-state index contributed by atoms with van der Waals surface area (Å²) in [5, 5.41) is 8.42. The van der Waals surface area contributed by atoms with Crippen LogP contribution in [0, 0.1) is 5.92 Å². The van der Waals surface area contributed by atoms with Gasteiger partial charge in [-0.05, 0) is 12.8 Å². The van der Waals surface area contributed by atoms with E-state index in [1.54, 1.807) is 0 Å². The van der Waals surface area contributed by atoms with Crippen molar-refractivity contribution < 1.29 is 14.6 Å². The lowest BCUT2D eigenvalue weighted by Gasteiger charge is -2.07. The lowest BCUT2D eigenvalue weighted by atomic mass is 10.1. The predicted molar refractivity (Wildman–Crippen MR) is 51.3 cm³/mol. The van der Waals surface area contributed by atoms with Crippen molar-refractivity contribution in [3.63, 3.8) is 0 Å². The molecule has 0 saturated heterocycles. The summed E-state index contributed by atoms with van der Waals surface area (Å²) in [6, 6.07) is 0. The van der Waals surface area contributed by atoms with Gasteiger partial charge < -0.3 is 9.84 Å². The number of rotatable bonds is 6. The average Bonchev–Trinajstić information content (AvgIpc) is 2.14. The van der Waals surface area contributed by atoms with Crippen molar-refractivity contribution in [2.24, 2.45) is 5.92 Å². The van der Waals surface area contributed by atoms with E-state index < -0.39 is 0 Å². The van der Waals surface area contributed by atoms with Crippen LogP contribution in [-0.2, 0) is 9.53 Å². The lowest BCUT2D eigenvalue weighted by molar-refractivity contribution is -0.148. The Kier molecular flexibility index (Phi) is 7.30. The predicted octanol–water partition coefficient (Wildman–Crippen LogP) is 1.51. The molecule has 1 atom stereocenters. The maximum absolute atomic E-state index is 11.1. The number of hydrogen-bond acceptors (Lipinski definition) is 3. The third kappa shape index (κ3) is 6.34. The van der Waals surface area contributed by atoms with Gasteiger partial charge in [0.25, 0.3) is 0 Å². The van der Waals surface area contributed by atoms with Gasteiger partial charge in [0.1, 0.15) is 6.61 Å². The first-order chi connectivity index (χ1) is 6.22. The van der Waals surface area contributed by atoms with Gasteiger partial charge in [0.15, 0.2) is 0 Å². The summed E-state index contributed by atoms with van der Waals surface area (Å²) in [5.41, 5.74) is 0. The molecule has 0 aromatic heterocycles. The molecule has 13 heavy (non-hydrogen) atoms.